The Hall–Kier alpha value is -1.91. The summed E-state index contributed by atoms with van der Waals surface area (Å²) in [5.74, 6) is 1.20. The molecule has 0 unspecified atom stereocenters. The van der Waals surface area contributed by atoms with E-state index in [2.05, 4.69) is 61.8 Å². The van der Waals surface area contributed by atoms with Gasteiger partial charge in [-0.3, -0.25) is 0 Å². The Morgan fingerprint density at radius 1 is 0.882 bits per heavy atom. The Labute approximate surface area is 207 Å². The zero-order chi connectivity index (χ0) is 24.5. The van der Waals surface area contributed by atoms with Crippen LogP contribution in [-0.4, -0.2) is 43.2 Å². The largest absolute Gasteiger partial charge is 0.368 e. The molecule has 0 aromatic heterocycles. The van der Waals surface area contributed by atoms with Crippen LogP contribution in [0.2, 0.25) is 0 Å². The molecule has 2 aromatic rings. The lowest BCUT2D eigenvalue weighted by atomic mass is 9.98. The molecule has 2 aromatic carbocycles. The molecule has 1 heterocycles. The topological polar surface area (TPSA) is 32.5 Å². The molecule has 3 rings (SSSR count). The van der Waals surface area contributed by atoms with E-state index >= 15 is 0 Å². The predicted octanol–water partition coefficient (Wildman–Crippen LogP) is 6.30. The van der Waals surface area contributed by atoms with Gasteiger partial charge in [0.15, 0.2) is 0 Å². The number of likely N-dealkylation sites (tertiary alicyclic amines) is 1. The number of piperidine rings is 1. The minimum absolute atomic E-state index is 0.168. The van der Waals surface area contributed by atoms with Gasteiger partial charge in [-0.2, -0.15) is 0 Å². The Morgan fingerprint density at radius 3 is 1.97 bits per heavy atom. The van der Waals surface area contributed by atoms with Crippen molar-refractivity contribution in [3.05, 3.63) is 65.5 Å². The van der Waals surface area contributed by atoms with Crippen molar-refractivity contribution < 1.29 is 4.39 Å². The van der Waals surface area contributed by atoms with E-state index in [1.54, 1.807) is 12.1 Å². The van der Waals surface area contributed by atoms with Gasteiger partial charge in [0.25, 0.3) is 0 Å². The lowest BCUT2D eigenvalue weighted by Crippen LogP contribution is -2.48. The van der Waals surface area contributed by atoms with Gasteiger partial charge in [0.05, 0.1) is 0 Å². The Kier molecular flexibility index (Phi) is 10.4. The number of nitrogens with zero attached hydrogens (tertiary/aromatic N) is 2. The first-order valence-electron chi connectivity index (χ1n) is 13.4. The van der Waals surface area contributed by atoms with E-state index in [-0.39, 0.29) is 11.9 Å². The maximum absolute atomic E-state index is 13.1. The lowest BCUT2D eigenvalue weighted by molar-refractivity contribution is 0.191. The quantitative estimate of drug-likeness (QED) is 0.397. The van der Waals surface area contributed by atoms with Crippen LogP contribution >= 0.6 is 0 Å². The maximum atomic E-state index is 13.1. The van der Waals surface area contributed by atoms with Gasteiger partial charge in [0.2, 0.25) is 0 Å². The molecule has 2 N–H and O–H groups in total. The third-order valence-corrected chi connectivity index (χ3v) is 7.10. The van der Waals surface area contributed by atoms with E-state index in [9.17, 15) is 4.39 Å². The molecular weight excluding hydrogens is 421 g/mol. The summed E-state index contributed by atoms with van der Waals surface area (Å²) in [4.78, 5) is 5.23. The van der Waals surface area contributed by atoms with Gasteiger partial charge in [0, 0.05) is 44.0 Å². The van der Waals surface area contributed by atoms with Gasteiger partial charge >= 0.3 is 0 Å². The number of rotatable bonds is 12. The molecule has 1 fully saturated rings. The second-order valence-electron chi connectivity index (χ2n) is 11.1. The molecule has 0 bridgehead atoms. The highest BCUT2D eigenvalue weighted by atomic mass is 19.1. The average molecular weight is 468 g/mol. The van der Waals surface area contributed by atoms with E-state index in [1.807, 2.05) is 12.1 Å². The zero-order valence-electron chi connectivity index (χ0n) is 21.8. The van der Waals surface area contributed by atoms with Crippen molar-refractivity contribution in [2.75, 3.05) is 31.1 Å². The van der Waals surface area contributed by atoms with Crippen LogP contribution in [0.5, 0.6) is 0 Å². The van der Waals surface area contributed by atoms with Gasteiger partial charge in [-0.05, 0) is 85.8 Å². The zero-order valence-corrected chi connectivity index (χ0v) is 21.8. The number of hydrogen-bond acceptors (Lipinski definition) is 3. The van der Waals surface area contributed by atoms with Crippen molar-refractivity contribution in [1.82, 2.24) is 4.90 Å². The van der Waals surface area contributed by atoms with Crippen LogP contribution in [0, 0.1) is 17.7 Å². The van der Waals surface area contributed by atoms with Crippen molar-refractivity contribution in [3.63, 3.8) is 0 Å². The molecule has 0 aliphatic carbocycles. The fourth-order valence-corrected chi connectivity index (χ4v) is 5.14. The van der Waals surface area contributed by atoms with Gasteiger partial charge in [-0.1, -0.05) is 52.0 Å². The first-order valence-corrected chi connectivity index (χ1v) is 13.4. The summed E-state index contributed by atoms with van der Waals surface area (Å²) < 4.78 is 13.1. The Bertz CT molecular complexity index is 823. The van der Waals surface area contributed by atoms with E-state index < -0.39 is 0 Å². The highest BCUT2D eigenvalue weighted by Gasteiger charge is 2.26. The van der Waals surface area contributed by atoms with Gasteiger partial charge in [-0.15, -0.1) is 0 Å². The van der Waals surface area contributed by atoms with E-state index in [0.717, 1.165) is 45.4 Å². The molecule has 188 valence electrons. The smallest absolute Gasteiger partial charge is 0.123 e. The van der Waals surface area contributed by atoms with Crippen LogP contribution in [-0.2, 0) is 12.8 Å². The third-order valence-electron chi connectivity index (χ3n) is 7.10. The number of anilines is 1. The third kappa shape index (κ3) is 8.70. The van der Waals surface area contributed by atoms with E-state index in [1.165, 1.54) is 36.1 Å². The Morgan fingerprint density at radius 2 is 1.44 bits per heavy atom. The summed E-state index contributed by atoms with van der Waals surface area (Å²) in [6, 6.07) is 16.9. The summed E-state index contributed by atoms with van der Waals surface area (Å²) in [7, 11) is 0. The van der Waals surface area contributed by atoms with Crippen molar-refractivity contribution in [2.45, 2.75) is 78.3 Å². The fraction of sp³-hybridized carbons (Fsp3) is 0.600. The predicted molar refractivity (Wildman–Crippen MR) is 144 cm³/mol. The second-order valence-corrected chi connectivity index (χ2v) is 11.1. The summed E-state index contributed by atoms with van der Waals surface area (Å²) in [6.07, 6.45) is 6.65. The standard InChI is InChI=1S/C30H46FN3/c1-23(2)15-20-34(30-16-18-33(19-17-30)22-28(32)21-24(3)4)29-13-9-26(10-14-29)6-5-25-7-11-27(31)12-8-25/h7-14,23-24,28,30H,5-6,15-22,32H2,1-4H3/t28-/m0/s1. The monoisotopic (exact) mass is 467 g/mol. The lowest BCUT2D eigenvalue weighted by Gasteiger charge is -2.41. The molecule has 1 atom stereocenters. The molecule has 1 saturated heterocycles. The van der Waals surface area contributed by atoms with Crippen LogP contribution in [0.25, 0.3) is 0 Å². The van der Waals surface area contributed by atoms with Gasteiger partial charge in [0.1, 0.15) is 5.82 Å². The molecule has 1 aliphatic rings. The highest BCUT2D eigenvalue weighted by molar-refractivity contribution is 5.49. The molecule has 0 spiro atoms. The average Bonchev–Trinajstić information content (AvgIpc) is 2.80. The van der Waals surface area contributed by atoms with Crippen molar-refractivity contribution in [3.8, 4) is 0 Å². The number of halogens is 1. The molecule has 4 heteroatoms. The Balaban J connectivity index is 1.58. The van der Waals surface area contributed by atoms with Gasteiger partial charge in [-0.25, -0.2) is 4.39 Å². The van der Waals surface area contributed by atoms with Crippen LogP contribution in [0.4, 0.5) is 10.1 Å². The van der Waals surface area contributed by atoms with Crippen LogP contribution in [0.15, 0.2) is 48.5 Å². The molecule has 34 heavy (non-hydrogen) atoms. The number of aryl methyl sites for hydroxylation is 2. The number of hydrogen-bond donors (Lipinski definition) is 1. The summed E-state index contributed by atoms with van der Waals surface area (Å²) in [6.45, 7) is 13.6. The molecule has 0 amide bonds. The van der Waals surface area contributed by atoms with Crippen LogP contribution < -0.4 is 10.6 Å². The SMILES string of the molecule is CC(C)CCN(c1ccc(CCc2ccc(F)cc2)cc1)C1CCN(C[C@@H](N)CC(C)C)CC1. The van der Waals surface area contributed by atoms with Crippen LogP contribution in [0.3, 0.4) is 0 Å². The molecule has 0 saturated carbocycles. The molecule has 3 nitrogen and oxygen atoms in total. The molecular formula is C30H46FN3. The van der Waals surface area contributed by atoms with Crippen molar-refractivity contribution in [1.29, 1.82) is 0 Å². The summed E-state index contributed by atoms with van der Waals surface area (Å²) in [5, 5.41) is 0. The molecule has 1 aliphatic heterocycles. The second kappa shape index (κ2) is 13.3. The number of benzene rings is 2. The van der Waals surface area contributed by atoms with Crippen LogP contribution in [0.1, 0.15) is 64.5 Å². The first-order chi connectivity index (χ1) is 16.3. The van der Waals surface area contributed by atoms with Crippen molar-refractivity contribution >= 4 is 5.69 Å². The summed E-state index contributed by atoms with van der Waals surface area (Å²) >= 11 is 0. The van der Waals surface area contributed by atoms with Gasteiger partial charge < -0.3 is 15.5 Å². The summed E-state index contributed by atoms with van der Waals surface area (Å²) in [5.41, 5.74) is 10.3. The minimum Gasteiger partial charge on any atom is -0.368 e. The highest BCUT2D eigenvalue weighted by Crippen LogP contribution is 2.26. The minimum atomic E-state index is -0.168. The maximum Gasteiger partial charge on any atom is 0.123 e. The van der Waals surface area contributed by atoms with Crippen molar-refractivity contribution in [2.24, 2.45) is 17.6 Å². The normalized spacial score (nSPS) is 16.4. The fourth-order valence-electron chi connectivity index (χ4n) is 5.14. The van der Waals surface area contributed by atoms with E-state index in [4.69, 9.17) is 5.73 Å². The number of nitrogens with two attached hydrogens (primary N) is 1. The van der Waals surface area contributed by atoms with E-state index in [0.29, 0.717) is 17.9 Å². The first kappa shape index (κ1) is 26.7. The molecule has 0 radical (unpaired) electrons.